The number of benzene rings is 1. The van der Waals surface area contributed by atoms with Crippen molar-refractivity contribution < 1.29 is 9.59 Å². The molecule has 0 fully saturated rings. The average molecular weight is 299 g/mol. The molecule has 20 heavy (non-hydrogen) atoms. The predicted molar refractivity (Wildman–Crippen MR) is 80.4 cm³/mol. The van der Waals surface area contributed by atoms with Crippen LogP contribution >= 0.6 is 11.6 Å². The van der Waals surface area contributed by atoms with E-state index in [1.54, 1.807) is 30.0 Å². The molecule has 0 aliphatic carbocycles. The van der Waals surface area contributed by atoms with E-state index in [4.69, 9.17) is 23.1 Å². The summed E-state index contributed by atoms with van der Waals surface area (Å²) in [6.45, 7) is 4.12. The predicted octanol–water partition coefficient (Wildman–Crippen LogP) is 1.06. The monoisotopic (exact) mass is 298 g/mol. The number of nitrogen functional groups attached to an aromatic ring is 1. The third kappa shape index (κ3) is 4.40. The molecule has 1 unspecified atom stereocenters. The highest BCUT2D eigenvalue weighted by molar-refractivity contribution is 6.31. The molecule has 1 aromatic carbocycles. The van der Waals surface area contributed by atoms with Crippen LogP contribution in [0, 0.1) is 0 Å². The molecule has 1 rings (SSSR count). The van der Waals surface area contributed by atoms with Crippen molar-refractivity contribution in [3.63, 3.8) is 0 Å². The summed E-state index contributed by atoms with van der Waals surface area (Å²) in [7, 11) is 0. The molecular formula is C13H19ClN4O2. The summed E-state index contributed by atoms with van der Waals surface area (Å²) in [6.07, 6.45) is 0. The zero-order chi connectivity index (χ0) is 15.3. The lowest BCUT2D eigenvalue weighted by molar-refractivity contribution is -0.123. The first kappa shape index (κ1) is 16.3. The number of primary amides is 1. The second kappa shape index (κ2) is 7.12. The Morgan fingerprint density at radius 1 is 1.45 bits per heavy atom. The van der Waals surface area contributed by atoms with Gasteiger partial charge in [0.1, 0.15) is 0 Å². The normalized spacial score (nSPS) is 12.2. The van der Waals surface area contributed by atoms with Crippen LogP contribution in [0.2, 0.25) is 5.02 Å². The van der Waals surface area contributed by atoms with Crippen molar-refractivity contribution in [3.8, 4) is 0 Å². The highest BCUT2D eigenvalue weighted by Crippen LogP contribution is 2.22. The Balaban J connectivity index is 2.76. The number of rotatable bonds is 6. The molecule has 0 saturated carbocycles. The summed E-state index contributed by atoms with van der Waals surface area (Å²) >= 11 is 5.79. The van der Waals surface area contributed by atoms with Crippen molar-refractivity contribution in [2.45, 2.75) is 19.9 Å². The van der Waals surface area contributed by atoms with Gasteiger partial charge in [-0.15, -0.1) is 0 Å². The Hall–Kier alpha value is -1.79. The topological polar surface area (TPSA) is 101 Å². The van der Waals surface area contributed by atoms with Gasteiger partial charge in [0.05, 0.1) is 24.0 Å². The van der Waals surface area contributed by atoms with Crippen LogP contribution in [0.1, 0.15) is 13.8 Å². The van der Waals surface area contributed by atoms with Gasteiger partial charge in [0.25, 0.3) is 0 Å². The largest absolute Gasteiger partial charge is 0.397 e. The lowest BCUT2D eigenvalue weighted by Crippen LogP contribution is -2.45. The van der Waals surface area contributed by atoms with Gasteiger partial charge in [0, 0.05) is 5.02 Å². The number of amides is 2. The molecule has 110 valence electrons. The Kier molecular flexibility index (Phi) is 5.79. The first-order chi connectivity index (χ1) is 9.35. The SMILES string of the molecule is CCN(CC(N)=O)C(C)C(=O)Nc1ccc(Cl)cc1N. The molecule has 1 aromatic rings. The zero-order valence-corrected chi connectivity index (χ0v) is 12.3. The Morgan fingerprint density at radius 3 is 2.60 bits per heavy atom. The van der Waals surface area contributed by atoms with Crippen molar-refractivity contribution in [2.75, 3.05) is 24.1 Å². The standard InChI is InChI=1S/C13H19ClN4O2/c1-3-18(7-12(16)19)8(2)13(20)17-11-5-4-9(14)6-10(11)15/h4-6,8H,3,7,15H2,1-2H3,(H2,16,19)(H,17,20). The van der Waals surface area contributed by atoms with E-state index in [1.165, 1.54) is 0 Å². The maximum Gasteiger partial charge on any atom is 0.241 e. The van der Waals surface area contributed by atoms with Gasteiger partial charge >= 0.3 is 0 Å². The lowest BCUT2D eigenvalue weighted by Gasteiger charge is -2.25. The van der Waals surface area contributed by atoms with E-state index >= 15 is 0 Å². The van der Waals surface area contributed by atoms with Crippen LogP contribution in [0.5, 0.6) is 0 Å². The van der Waals surface area contributed by atoms with Gasteiger partial charge in [0.15, 0.2) is 0 Å². The number of nitrogens with zero attached hydrogens (tertiary/aromatic N) is 1. The van der Waals surface area contributed by atoms with Crippen LogP contribution in [0.25, 0.3) is 0 Å². The fraction of sp³-hybridized carbons (Fsp3) is 0.385. The molecule has 0 spiro atoms. The molecule has 1 atom stereocenters. The zero-order valence-electron chi connectivity index (χ0n) is 11.5. The molecular weight excluding hydrogens is 280 g/mol. The number of likely N-dealkylation sites (N-methyl/N-ethyl adjacent to an activating group) is 1. The number of anilines is 2. The number of hydrogen-bond acceptors (Lipinski definition) is 4. The van der Waals surface area contributed by atoms with Gasteiger partial charge < -0.3 is 16.8 Å². The first-order valence-corrected chi connectivity index (χ1v) is 6.61. The number of halogens is 1. The Morgan fingerprint density at radius 2 is 2.10 bits per heavy atom. The molecule has 0 saturated heterocycles. The molecule has 0 radical (unpaired) electrons. The minimum absolute atomic E-state index is 0.0290. The van der Waals surface area contributed by atoms with E-state index in [2.05, 4.69) is 5.32 Å². The van der Waals surface area contributed by atoms with Gasteiger partial charge in [0.2, 0.25) is 11.8 Å². The van der Waals surface area contributed by atoms with Crippen LogP contribution in [0.3, 0.4) is 0 Å². The van der Waals surface area contributed by atoms with E-state index in [9.17, 15) is 9.59 Å². The minimum Gasteiger partial charge on any atom is -0.397 e. The summed E-state index contributed by atoms with van der Waals surface area (Å²) in [5.41, 5.74) is 11.8. The smallest absolute Gasteiger partial charge is 0.241 e. The molecule has 0 aromatic heterocycles. The van der Waals surface area contributed by atoms with Crippen LogP contribution in [-0.2, 0) is 9.59 Å². The third-order valence-electron chi connectivity index (χ3n) is 2.96. The van der Waals surface area contributed by atoms with Gasteiger partial charge in [-0.3, -0.25) is 14.5 Å². The molecule has 7 heteroatoms. The summed E-state index contributed by atoms with van der Waals surface area (Å²) in [5, 5.41) is 3.21. The molecule has 0 heterocycles. The van der Waals surface area contributed by atoms with Crippen LogP contribution in [0.4, 0.5) is 11.4 Å². The lowest BCUT2D eigenvalue weighted by atomic mass is 10.2. The van der Waals surface area contributed by atoms with E-state index in [1.807, 2.05) is 6.92 Å². The van der Waals surface area contributed by atoms with Crippen molar-refractivity contribution in [3.05, 3.63) is 23.2 Å². The molecule has 0 bridgehead atoms. The third-order valence-corrected chi connectivity index (χ3v) is 3.20. The number of carbonyl (C=O) groups is 2. The Labute approximate surface area is 123 Å². The minimum atomic E-state index is -0.498. The molecule has 0 aliphatic rings. The summed E-state index contributed by atoms with van der Waals surface area (Å²) in [4.78, 5) is 24.8. The van der Waals surface area contributed by atoms with Crippen LogP contribution in [0.15, 0.2) is 18.2 Å². The van der Waals surface area contributed by atoms with Gasteiger partial charge in [-0.2, -0.15) is 0 Å². The maximum absolute atomic E-state index is 12.1. The van der Waals surface area contributed by atoms with E-state index in [0.717, 1.165) is 0 Å². The fourth-order valence-corrected chi connectivity index (χ4v) is 1.95. The van der Waals surface area contributed by atoms with Crippen LogP contribution in [-0.4, -0.2) is 35.8 Å². The number of hydrogen-bond donors (Lipinski definition) is 3. The summed E-state index contributed by atoms with van der Waals surface area (Å²) < 4.78 is 0. The van der Waals surface area contributed by atoms with Gasteiger partial charge in [-0.1, -0.05) is 18.5 Å². The molecule has 5 N–H and O–H groups in total. The summed E-state index contributed by atoms with van der Waals surface area (Å²) in [6, 6.07) is 4.33. The second-order valence-corrected chi connectivity index (χ2v) is 4.86. The highest BCUT2D eigenvalue weighted by Gasteiger charge is 2.21. The Bertz CT molecular complexity index is 507. The fourth-order valence-electron chi connectivity index (χ4n) is 1.77. The second-order valence-electron chi connectivity index (χ2n) is 4.43. The molecule has 2 amide bonds. The first-order valence-electron chi connectivity index (χ1n) is 6.23. The average Bonchev–Trinajstić information content (AvgIpc) is 2.38. The number of nitrogens with two attached hydrogens (primary N) is 2. The number of nitrogens with one attached hydrogen (secondary N) is 1. The van der Waals surface area contributed by atoms with E-state index < -0.39 is 11.9 Å². The van der Waals surface area contributed by atoms with Gasteiger partial charge in [-0.05, 0) is 31.7 Å². The number of carbonyl (C=O) groups excluding carboxylic acids is 2. The van der Waals surface area contributed by atoms with Crippen LogP contribution < -0.4 is 16.8 Å². The van der Waals surface area contributed by atoms with Crippen molar-refractivity contribution in [1.82, 2.24) is 4.90 Å². The van der Waals surface area contributed by atoms with Crippen molar-refractivity contribution in [1.29, 1.82) is 0 Å². The van der Waals surface area contributed by atoms with Crippen molar-refractivity contribution in [2.24, 2.45) is 5.73 Å². The quantitative estimate of drug-likeness (QED) is 0.683. The van der Waals surface area contributed by atoms with Gasteiger partial charge in [-0.25, -0.2) is 0 Å². The van der Waals surface area contributed by atoms with E-state index in [0.29, 0.717) is 22.9 Å². The van der Waals surface area contributed by atoms with Crippen molar-refractivity contribution >= 4 is 34.8 Å². The van der Waals surface area contributed by atoms with E-state index in [-0.39, 0.29) is 12.5 Å². The molecule has 6 nitrogen and oxygen atoms in total. The maximum atomic E-state index is 12.1. The summed E-state index contributed by atoms with van der Waals surface area (Å²) in [5.74, 6) is -0.736. The highest BCUT2D eigenvalue weighted by atomic mass is 35.5. The molecule has 0 aliphatic heterocycles.